The van der Waals surface area contributed by atoms with E-state index < -0.39 is 0 Å². The lowest BCUT2D eigenvalue weighted by molar-refractivity contribution is -0.113. The van der Waals surface area contributed by atoms with E-state index in [9.17, 15) is 4.79 Å². The van der Waals surface area contributed by atoms with Crippen molar-refractivity contribution in [2.45, 2.75) is 23.6 Å². The van der Waals surface area contributed by atoms with Crippen LogP contribution in [0.1, 0.15) is 16.3 Å². The fraction of sp³-hybridized carbons (Fsp3) is 0.217. The number of nitrogens with one attached hydrogen (secondary N) is 1. The molecule has 0 unspecified atom stereocenters. The third kappa shape index (κ3) is 6.34. The zero-order valence-electron chi connectivity index (χ0n) is 18.4. The van der Waals surface area contributed by atoms with Crippen molar-refractivity contribution in [3.63, 3.8) is 0 Å². The van der Waals surface area contributed by atoms with Gasteiger partial charge in [-0.25, -0.2) is 4.98 Å². The fourth-order valence-corrected chi connectivity index (χ4v) is 6.23. The number of carbonyl (C=O) groups is 1. The predicted molar refractivity (Wildman–Crippen MR) is 144 cm³/mol. The smallest absolute Gasteiger partial charge is 0.236 e. The summed E-state index contributed by atoms with van der Waals surface area (Å²) in [6.45, 7) is 2.00. The van der Waals surface area contributed by atoms with E-state index in [2.05, 4.69) is 20.5 Å². The van der Waals surface area contributed by atoms with Crippen LogP contribution in [0.15, 0.2) is 53.7 Å². The summed E-state index contributed by atoms with van der Waals surface area (Å²) in [5, 5.41) is 14.0. The van der Waals surface area contributed by atoms with Crippen molar-refractivity contribution in [3.05, 3.63) is 74.8 Å². The van der Waals surface area contributed by atoms with Crippen LogP contribution in [0.3, 0.4) is 0 Å². The standard InChI is InChI=1S/C23H21Cl2N5OS3/c1-14-21(15-6-4-3-5-7-15)27-22(34-14)26-20(31)13-33-23-29-28-19(30(23)2)12-32-11-16-8-9-17(24)10-18(16)25/h3-10H,11-13H2,1-2H3,(H,26,27,31). The first-order chi connectivity index (χ1) is 16.4. The van der Waals surface area contributed by atoms with Crippen LogP contribution in [0, 0.1) is 6.92 Å². The van der Waals surface area contributed by atoms with Crippen molar-refractivity contribution in [2.75, 3.05) is 11.1 Å². The molecule has 0 spiro atoms. The number of thioether (sulfide) groups is 2. The highest BCUT2D eigenvalue weighted by Crippen LogP contribution is 2.30. The molecule has 4 rings (SSSR count). The molecule has 0 aliphatic rings. The van der Waals surface area contributed by atoms with Crippen molar-refractivity contribution in [1.82, 2.24) is 19.7 Å². The number of amides is 1. The molecule has 176 valence electrons. The second-order valence-electron chi connectivity index (χ2n) is 7.31. The van der Waals surface area contributed by atoms with Crippen LogP contribution in [0.4, 0.5) is 5.13 Å². The highest BCUT2D eigenvalue weighted by molar-refractivity contribution is 7.99. The summed E-state index contributed by atoms with van der Waals surface area (Å²) in [4.78, 5) is 18.1. The van der Waals surface area contributed by atoms with Gasteiger partial charge in [-0.15, -0.1) is 33.3 Å². The molecular weight excluding hydrogens is 529 g/mol. The van der Waals surface area contributed by atoms with E-state index in [-0.39, 0.29) is 11.7 Å². The Hall–Kier alpha value is -2.04. The molecule has 0 aliphatic carbocycles. The lowest BCUT2D eigenvalue weighted by atomic mass is 10.1. The summed E-state index contributed by atoms with van der Waals surface area (Å²) in [5.41, 5.74) is 2.95. The van der Waals surface area contributed by atoms with E-state index in [4.69, 9.17) is 23.2 Å². The molecular formula is C23H21Cl2N5OS3. The van der Waals surface area contributed by atoms with Gasteiger partial charge in [0.2, 0.25) is 5.91 Å². The largest absolute Gasteiger partial charge is 0.308 e. The average Bonchev–Trinajstić information content (AvgIpc) is 3.36. The number of aromatic nitrogens is 4. The van der Waals surface area contributed by atoms with Gasteiger partial charge in [0, 0.05) is 33.3 Å². The van der Waals surface area contributed by atoms with Gasteiger partial charge in [-0.1, -0.05) is 71.4 Å². The molecule has 0 saturated carbocycles. The van der Waals surface area contributed by atoms with Gasteiger partial charge in [-0.2, -0.15) is 0 Å². The third-order valence-electron chi connectivity index (χ3n) is 4.85. The summed E-state index contributed by atoms with van der Waals surface area (Å²) in [5.74, 6) is 2.34. The quantitative estimate of drug-likeness (QED) is 0.233. The number of carbonyl (C=O) groups excluding carboxylic acids is 1. The molecule has 0 atom stereocenters. The monoisotopic (exact) mass is 549 g/mol. The molecule has 0 radical (unpaired) electrons. The minimum atomic E-state index is -0.130. The average molecular weight is 551 g/mol. The van der Waals surface area contributed by atoms with E-state index in [1.807, 2.05) is 61.0 Å². The highest BCUT2D eigenvalue weighted by atomic mass is 35.5. The number of halogens is 2. The van der Waals surface area contributed by atoms with E-state index in [0.717, 1.165) is 33.3 Å². The summed E-state index contributed by atoms with van der Waals surface area (Å²) in [6.07, 6.45) is 0. The van der Waals surface area contributed by atoms with E-state index >= 15 is 0 Å². The van der Waals surface area contributed by atoms with Crippen LogP contribution in [-0.2, 0) is 23.3 Å². The summed E-state index contributed by atoms with van der Waals surface area (Å²) in [6, 6.07) is 15.5. The Morgan fingerprint density at radius 3 is 2.68 bits per heavy atom. The van der Waals surface area contributed by atoms with Crippen LogP contribution in [0.5, 0.6) is 0 Å². The van der Waals surface area contributed by atoms with Gasteiger partial charge < -0.3 is 9.88 Å². The number of rotatable bonds is 9. The maximum absolute atomic E-state index is 12.5. The lowest BCUT2D eigenvalue weighted by Gasteiger charge is -2.06. The van der Waals surface area contributed by atoms with E-state index in [1.54, 1.807) is 17.8 Å². The number of thiazole rings is 1. The Morgan fingerprint density at radius 2 is 1.91 bits per heavy atom. The van der Waals surface area contributed by atoms with Gasteiger partial charge in [0.25, 0.3) is 0 Å². The SMILES string of the molecule is Cc1sc(NC(=O)CSc2nnc(CSCc3ccc(Cl)cc3Cl)n2C)nc1-c1ccccc1. The Kier molecular flexibility index (Phi) is 8.55. The van der Waals surface area contributed by atoms with Gasteiger partial charge in [0.05, 0.1) is 17.2 Å². The summed E-state index contributed by atoms with van der Waals surface area (Å²) < 4.78 is 1.91. The van der Waals surface area contributed by atoms with Gasteiger partial charge in [-0.3, -0.25) is 4.79 Å². The molecule has 11 heteroatoms. The molecule has 2 aromatic carbocycles. The Labute approximate surface area is 220 Å². The minimum Gasteiger partial charge on any atom is -0.308 e. The maximum Gasteiger partial charge on any atom is 0.236 e. The van der Waals surface area contributed by atoms with Gasteiger partial charge in [0.15, 0.2) is 10.3 Å². The Morgan fingerprint density at radius 1 is 1.12 bits per heavy atom. The Balaban J connectivity index is 1.28. The van der Waals surface area contributed by atoms with Crippen molar-refractivity contribution < 1.29 is 4.79 Å². The third-order valence-corrected chi connectivity index (χ3v) is 8.32. The molecule has 4 aromatic rings. The van der Waals surface area contributed by atoms with Crippen molar-refractivity contribution in [2.24, 2.45) is 7.05 Å². The normalized spacial score (nSPS) is 11.1. The summed E-state index contributed by atoms with van der Waals surface area (Å²) >= 11 is 16.7. The van der Waals surface area contributed by atoms with Crippen LogP contribution in [0.25, 0.3) is 11.3 Å². The predicted octanol–water partition coefficient (Wildman–Crippen LogP) is 6.72. The van der Waals surface area contributed by atoms with Crippen molar-refractivity contribution in [3.8, 4) is 11.3 Å². The number of hydrogen-bond donors (Lipinski definition) is 1. The number of nitrogens with zero attached hydrogens (tertiary/aromatic N) is 4. The number of aryl methyl sites for hydroxylation is 1. The topological polar surface area (TPSA) is 72.7 Å². The van der Waals surface area contributed by atoms with Crippen LogP contribution < -0.4 is 5.32 Å². The lowest BCUT2D eigenvalue weighted by Crippen LogP contribution is -2.14. The molecule has 0 aliphatic heterocycles. The first kappa shape index (κ1) is 25.1. The zero-order valence-corrected chi connectivity index (χ0v) is 22.4. The second-order valence-corrected chi connectivity index (χ2v) is 11.3. The molecule has 1 N–H and O–H groups in total. The number of anilines is 1. The molecule has 6 nitrogen and oxygen atoms in total. The zero-order chi connectivity index (χ0) is 24.1. The highest BCUT2D eigenvalue weighted by Gasteiger charge is 2.15. The first-order valence-corrected chi connectivity index (χ1v) is 14.0. The molecule has 34 heavy (non-hydrogen) atoms. The number of benzene rings is 2. The van der Waals surface area contributed by atoms with Gasteiger partial charge in [0.1, 0.15) is 5.82 Å². The molecule has 0 fully saturated rings. The molecule has 0 bridgehead atoms. The van der Waals surface area contributed by atoms with Crippen LogP contribution in [0.2, 0.25) is 10.0 Å². The van der Waals surface area contributed by atoms with E-state index in [0.29, 0.717) is 26.1 Å². The first-order valence-electron chi connectivity index (χ1n) is 10.3. The Bertz CT molecular complexity index is 1290. The van der Waals surface area contributed by atoms with Gasteiger partial charge in [-0.05, 0) is 24.6 Å². The number of hydrogen-bond acceptors (Lipinski definition) is 7. The van der Waals surface area contributed by atoms with E-state index in [1.165, 1.54) is 23.1 Å². The minimum absolute atomic E-state index is 0.130. The van der Waals surface area contributed by atoms with Crippen LogP contribution in [-0.4, -0.2) is 31.4 Å². The fourth-order valence-electron chi connectivity index (χ4n) is 3.09. The van der Waals surface area contributed by atoms with Crippen molar-refractivity contribution in [1.29, 1.82) is 0 Å². The van der Waals surface area contributed by atoms with Gasteiger partial charge >= 0.3 is 0 Å². The molecule has 1 amide bonds. The molecule has 2 heterocycles. The summed E-state index contributed by atoms with van der Waals surface area (Å²) in [7, 11) is 1.90. The molecule has 2 aromatic heterocycles. The maximum atomic E-state index is 12.5. The van der Waals surface area contributed by atoms with Crippen molar-refractivity contribution >= 4 is 69.1 Å². The molecule has 0 saturated heterocycles. The second kappa shape index (κ2) is 11.6. The van der Waals surface area contributed by atoms with Crippen LogP contribution >= 0.6 is 58.1 Å².